The van der Waals surface area contributed by atoms with E-state index in [0.29, 0.717) is 11.7 Å². The fraction of sp³-hybridized carbons (Fsp3) is 0.133. The molecule has 1 aromatic carbocycles. The summed E-state index contributed by atoms with van der Waals surface area (Å²) in [6.45, 7) is 0.165. The summed E-state index contributed by atoms with van der Waals surface area (Å²) in [7, 11) is 0. The van der Waals surface area contributed by atoms with Gasteiger partial charge in [-0.25, -0.2) is 4.39 Å². The van der Waals surface area contributed by atoms with Crippen LogP contribution >= 0.6 is 11.3 Å². The van der Waals surface area contributed by atoms with E-state index in [9.17, 15) is 9.18 Å². The monoisotopic (exact) mass is 317 g/mol. The van der Waals surface area contributed by atoms with Gasteiger partial charge in [0, 0.05) is 0 Å². The molecule has 112 valence electrons. The predicted molar refractivity (Wildman–Crippen MR) is 79.6 cm³/mol. The topological polar surface area (TPSA) is 68.0 Å². The molecule has 0 saturated heterocycles. The van der Waals surface area contributed by atoms with E-state index < -0.39 is 0 Å². The average molecular weight is 317 g/mol. The van der Waals surface area contributed by atoms with E-state index in [2.05, 4.69) is 15.5 Å². The molecule has 3 aromatic rings. The first-order valence-electron chi connectivity index (χ1n) is 6.58. The molecule has 0 unspecified atom stereocenters. The molecule has 0 atom stereocenters. The van der Waals surface area contributed by atoms with Gasteiger partial charge in [-0.05, 0) is 29.1 Å². The van der Waals surface area contributed by atoms with Crippen molar-refractivity contribution in [2.45, 2.75) is 13.0 Å². The smallest absolute Gasteiger partial charge is 0.246 e. The van der Waals surface area contributed by atoms with Gasteiger partial charge in [-0.3, -0.25) is 4.79 Å². The van der Waals surface area contributed by atoms with Gasteiger partial charge in [0.15, 0.2) is 0 Å². The number of rotatable bonds is 5. The Morgan fingerprint density at radius 1 is 1.27 bits per heavy atom. The van der Waals surface area contributed by atoms with Crippen molar-refractivity contribution in [1.29, 1.82) is 0 Å². The summed E-state index contributed by atoms with van der Waals surface area (Å²) in [5, 5.41) is 8.48. The summed E-state index contributed by atoms with van der Waals surface area (Å²) >= 11 is 1.51. The van der Waals surface area contributed by atoms with Crippen LogP contribution in [0, 0.1) is 5.82 Å². The van der Waals surface area contributed by atoms with Gasteiger partial charge in [0.2, 0.25) is 17.6 Å². The maximum Gasteiger partial charge on any atom is 0.246 e. The van der Waals surface area contributed by atoms with Crippen LogP contribution in [0.25, 0.3) is 10.7 Å². The second kappa shape index (κ2) is 6.48. The number of nitrogens with zero attached hydrogens (tertiary/aromatic N) is 2. The molecule has 0 aliphatic rings. The first-order valence-corrected chi connectivity index (χ1v) is 7.46. The summed E-state index contributed by atoms with van der Waals surface area (Å²) in [5.41, 5.74) is 0.740. The quantitative estimate of drug-likeness (QED) is 0.785. The molecule has 0 bridgehead atoms. The summed E-state index contributed by atoms with van der Waals surface area (Å²) in [4.78, 5) is 16.9. The lowest BCUT2D eigenvalue weighted by Crippen LogP contribution is -2.24. The molecule has 3 rings (SSSR count). The number of hydrogen-bond acceptors (Lipinski definition) is 5. The third-order valence-electron chi connectivity index (χ3n) is 2.92. The van der Waals surface area contributed by atoms with Crippen molar-refractivity contribution in [1.82, 2.24) is 15.5 Å². The van der Waals surface area contributed by atoms with Gasteiger partial charge in [-0.15, -0.1) is 11.3 Å². The molecule has 2 aromatic heterocycles. The molecule has 7 heteroatoms. The van der Waals surface area contributed by atoms with Crippen molar-refractivity contribution in [2.75, 3.05) is 0 Å². The van der Waals surface area contributed by atoms with E-state index in [-0.39, 0.29) is 24.7 Å². The van der Waals surface area contributed by atoms with E-state index in [1.54, 1.807) is 12.1 Å². The molecule has 2 heterocycles. The summed E-state index contributed by atoms with van der Waals surface area (Å²) in [6.07, 6.45) is 0.173. The molecule has 22 heavy (non-hydrogen) atoms. The van der Waals surface area contributed by atoms with E-state index in [4.69, 9.17) is 4.52 Å². The van der Waals surface area contributed by atoms with Crippen LogP contribution in [0.3, 0.4) is 0 Å². The molecule has 0 aliphatic carbocycles. The van der Waals surface area contributed by atoms with Crippen molar-refractivity contribution in [3.8, 4) is 10.7 Å². The zero-order valence-electron chi connectivity index (χ0n) is 11.5. The third-order valence-corrected chi connectivity index (χ3v) is 3.79. The number of halogens is 1. The van der Waals surface area contributed by atoms with Crippen LogP contribution in [0.5, 0.6) is 0 Å². The number of benzene rings is 1. The maximum absolute atomic E-state index is 12.8. The number of amides is 1. The van der Waals surface area contributed by atoms with Crippen molar-refractivity contribution >= 4 is 17.2 Å². The van der Waals surface area contributed by atoms with Crippen molar-refractivity contribution in [3.05, 3.63) is 59.0 Å². The second-order valence-corrected chi connectivity index (χ2v) is 5.52. The van der Waals surface area contributed by atoms with Crippen LogP contribution < -0.4 is 5.32 Å². The molecule has 5 nitrogen and oxygen atoms in total. The van der Waals surface area contributed by atoms with Gasteiger partial charge in [0.1, 0.15) is 5.82 Å². The van der Waals surface area contributed by atoms with Gasteiger partial charge in [-0.2, -0.15) is 4.98 Å². The highest BCUT2D eigenvalue weighted by Gasteiger charge is 2.10. The Bertz CT molecular complexity index is 753. The SMILES string of the molecule is O=C(Cc1ccc(F)cc1)NCc1nc(-c2cccs2)no1. The second-order valence-electron chi connectivity index (χ2n) is 4.57. The highest BCUT2D eigenvalue weighted by Crippen LogP contribution is 2.21. The lowest BCUT2D eigenvalue weighted by Gasteiger charge is -2.02. The number of carbonyl (C=O) groups is 1. The molecular weight excluding hydrogens is 305 g/mol. The third kappa shape index (κ3) is 3.56. The average Bonchev–Trinajstić information content (AvgIpc) is 3.18. The fourth-order valence-corrected chi connectivity index (χ4v) is 2.51. The van der Waals surface area contributed by atoms with Crippen molar-refractivity contribution in [3.63, 3.8) is 0 Å². The van der Waals surface area contributed by atoms with Gasteiger partial charge in [0.05, 0.1) is 17.8 Å². The lowest BCUT2D eigenvalue weighted by molar-refractivity contribution is -0.120. The summed E-state index contributed by atoms with van der Waals surface area (Å²) < 4.78 is 17.9. The fourth-order valence-electron chi connectivity index (χ4n) is 1.86. The lowest BCUT2D eigenvalue weighted by atomic mass is 10.1. The highest BCUT2D eigenvalue weighted by atomic mass is 32.1. The molecule has 0 spiro atoms. The zero-order valence-corrected chi connectivity index (χ0v) is 12.3. The molecule has 1 amide bonds. The first-order chi connectivity index (χ1) is 10.7. The standard InChI is InChI=1S/C15H12FN3O2S/c16-11-5-3-10(4-6-11)8-13(20)17-9-14-18-15(19-21-14)12-2-1-7-22-12/h1-7H,8-9H2,(H,17,20). The maximum atomic E-state index is 12.8. The van der Waals surface area contributed by atoms with Crippen LogP contribution in [0.2, 0.25) is 0 Å². The molecule has 0 radical (unpaired) electrons. The Balaban J connectivity index is 1.54. The minimum absolute atomic E-state index is 0.165. The van der Waals surface area contributed by atoms with Gasteiger partial charge in [0.25, 0.3) is 0 Å². The van der Waals surface area contributed by atoms with E-state index in [0.717, 1.165) is 10.4 Å². The van der Waals surface area contributed by atoms with Gasteiger partial charge >= 0.3 is 0 Å². The molecule has 0 saturated carbocycles. The molecule has 0 aliphatic heterocycles. The molecular formula is C15H12FN3O2S. The number of nitrogens with one attached hydrogen (secondary N) is 1. The Morgan fingerprint density at radius 2 is 2.09 bits per heavy atom. The van der Waals surface area contributed by atoms with E-state index >= 15 is 0 Å². The molecule has 0 fully saturated rings. The Kier molecular flexibility index (Phi) is 4.24. The summed E-state index contributed by atoms with van der Waals surface area (Å²) in [6, 6.07) is 9.61. The Hall–Kier alpha value is -2.54. The summed E-state index contributed by atoms with van der Waals surface area (Å²) in [5.74, 6) is 0.340. The van der Waals surface area contributed by atoms with Crippen molar-refractivity contribution in [2.24, 2.45) is 0 Å². The zero-order chi connectivity index (χ0) is 15.4. The van der Waals surface area contributed by atoms with Crippen LogP contribution in [-0.2, 0) is 17.8 Å². The minimum atomic E-state index is -0.323. The van der Waals surface area contributed by atoms with Gasteiger partial charge in [-0.1, -0.05) is 23.4 Å². The molecule has 1 N–H and O–H groups in total. The highest BCUT2D eigenvalue weighted by molar-refractivity contribution is 7.13. The normalized spacial score (nSPS) is 10.6. The van der Waals surface area contributed by atoms with Crippen LogP contribution in [0.1, 0.15) is 11.5 Å². The predicted octanol–water partition coefficient (Wildman–Crippen LogP) is 2.80. The Morgan fingerprint density at radius 3 is 2.82 bits per heavy atom. The van der Waals surface area contributed by atoms with Crippen molar-refractivity contribution < 1.29 is 13.7 Å². The number of carbonyl (C=O) groups excluding carboxylic acids is 1. The van der Waals surface area contributed by atoms with E-state index in [1.807, 2.05) is 17.5 Å². The number of thiophene rings is 1. The largest absolute Gasteiger partial charge is 0.347 e. The number of hydrogen-bond donors (Lipinski definition) is 1. The van der Waals surface area contributed by atoms with E-state index in [1.165, 1.54) is 23.5 Å². The van der Waals surface area contributed by atoms with Crippen LogP contribution in [0.4, 0.5) is 4.39 Å². The Labute approximate surface area is 129 Å². The minimum Gasteiger partial charge on any atom is -0.347 e. The van der Waals surface area contributed by atoms with Crippen LogP contribution in [0.15, 0.2) is 46.3 Å². The number of aromatic nitrogens is 2. The van der Waals surface area contributed by atoms with Crippen LogP contribution in [-0.4, -0.2) is 16.0 Å². The van der Waals surface area contributed by atoms with Gasteiger partial charge < -0.3 is 9.84 Å². The first kappa shape index (κ1) is 14.4.